The number of nitrogens with zero attached hydrogens (tertiary/aromatic N) is 3. The van der Waals surface area contributed by atoms with Crippen LogP contribution in [0.15, 0.2) is 4.42 Å². The van der Waals surface area contributed by atoms with Crippen LogP contribution in [0.5, 0.6) is 0 Å². The number of nitrogens with one attached hydrogen (secondary N) is 1. The van der Waals surface area contributed by atoms with Crippen LogP contribution in [0.2, 0.25) is 0 Å². The average molecular weight is 212 g/mol. The molecule has 0 aliphatic rings. The number of aromatic nitrogens is 2. The van der Waals surface area contributed by atoms with Crippen molar-refractivity contribution in [2.45, 2.75) is 20.4 Å². The van der Waals surface area contributed by atoms with E-state index in [1.807, 2.05) is 6.92 Å². The smallest absolute Gasteiger partial charge is 0.236 e. The normalized spacial score (nSPS) is 10.3. The summed E-state index contributed by atoms with van der Waals surface area (Å²) in [5, 5.41) is 10.4. The second-order valence-electron chi connectivity index (χ2n) is 3.23. The Labute approximate surface area is 88.7 Å². The third-order valence-electron chi connectivity index (χ3n) is 2.02. The summed E-state index contributed by atoms with van der Waals surface area (Å²) in [6.07, 6.45) is 0. The molecule has 0 radical (unpaired) electrons. The van der Waals surface area contributed by atoms with Crippen molar-refractivity contribution in [1.82, 2.24) is 20.4 Å². The Morgan fingerprint density at radius 1 is 1.53 bits per heavy atom. The van der Waals surface area contributed by atoms with E-state index >= 15 is 0 Å². The monoisotopic (exact) mass is 212 g/mol. The minimum atomic E-state index is 0.0498. The minimum Gasteiger partial charge on any atom is -0.424 e. The molecular weight excluding hydrogens is 196 g/mol. The lowest BCUT2D eigenvalue weighted by Gasteiger charge is -2.13. The lowest BCUT2D eigenvalue weighted by atomic mass is 10.5. The topological polar surface area (TPSA) is 71.3 Å². The second-order valence-corrected chi connectivity index (χ2v) is 3.23. The van der Waals surface area contributed by atoms with Gasteiger partial charge in [0.15, 0.2) is 0 Å². The van der Waals surface area contributed by atoms with Gasteiger partial charge in [0.25, 0.3) is 0 Å². The Morgan fingerprint density at radius 3 is 2.80 bits per heavy atom. The van der Waals surface area contributed by atoms with E-state index in [1.165, 1.54) is 0 Å². The largest absolute Gasteiger partial charge is 0.424 e. The number of carbonyl (C=O) groups is 1. The van der Waals surface area contributed by atoms with E-state index in [0.29, 0.717) is 24.9 Å². The van der Waals surface area contributed by atoms with Crippen molar-refractivity contribution in [2.24, 2.45) is 0 Å². The Balaban J connectivity index is 2.24. The van der Waals surface area contributed by atoms with Gasteiger partial charge in [-0.25, -0.2) is 0 Å². The third-order valence-corrected chi connectivity index (χ3v) is 2.02. The SMILES string of the molecule is CCN(C)C(=O)CNCc1nnc(C)o1. The fraction of sp³-hybridized carbons (Fsp3) is 0.667. The zero-order valence-electron chi connectivity index (χ0n) is 9.28. The van der Waals surface area contributed by atoms with Gasteiger partial charge in [-0.2, -0.15) is 0 Å². The highest BCUT2D eigenvalue weighted by molar-refractivity contribution is 5.77. The predicted octanol–water partition coefficient (Wildman–Crippen LogP) is -0.0541. The summed E-state index contributed by atoms with van der Waals surface area (Å²) in [5.41, 5.74) is 0. The number of amides is 1. The van der Waals surface area contributed by atoms with Crippen LogP contribution in [0.25, 0.3) is 0 Å². The maximum absolute atomic E-state index is 11.4. The van der Waals surface area contributed by atoms with E-state index < -0.39 is 0 Å². The molecule has 6 heteroatoms. The lowest BCUT2D eigenvalue weighted by Crippen LogP contribution is -2.35. The van der Waals surface area contributed by atoms with Crippen molar-refractivity contribution in [2.75, 3.05) is 20.1 Å². The fourth-order valence-electron chi connectivity index (χ4n) is 0.997. The van der Waals surface area contributed by atoms with Gasteiger partial charge in [-0.1, -0.05) is 0 Å². The molecule has 1 heterocycles. The molecule has 0 unspecified atom stereocenters. The van der Waals surface area contributed by atoms with Gasteiger partial charge in [-0.3, -0.25) is 10.1 Å². The minimum absolute atomic E-state index is 0.0498. The van der Waals surface area contributed by atoms with Gasteiger partial charge < -0.3 is 9.32 Å². The highest BCUT2D eigenvalue weighted by atomic mass is 16.4. The standard InChI is InChI=1S/C9H16N4O2/c1-4-13(3)9(14)6-10-5-8-12-11-7(2)15-8/h10H,4-6H2,1-3H3. The van der Waals surface area contributed by atoms with Crippen molar-refractivity contribution < 1.29 is 9.21 Å². The number of rotatable bonds is 5. The van der Waals surface area contributed by atoms with E-state index in [9.17, 15) is 4.79 Å². The van der Waals surface area contributed by atoms with Crippen molar-refractivity contribution in [3.63, 3.8) is 0 Å². The first kappa shape index (κ1) is 11.6. The van der Waals surface area contributed by atoms with Crippen molar-refractivity contribution in [3.05, 3.63) is 11.8 Å². The molecule has 1 rings (SSSR count). The molecule has 0 aliphatic carbocycles. The number of carbonyl (C=O) groups excluding carboxylic acids is 1. The van der Waals surface area contributed by atoms with Crippen LogP contribution in [-0.2, 0) is 11.3 Å². The van der Waals surface area contributed by atoms with Crippen LogP contribution in [0.1, 0.15) is 18.7 Å². The third kappa shape index (κ3) is 3.67. The molecular formula is C9H16N4O2. The van der Waals surface area contributed by atoms with Gasteiger partial charge in [-0.05, 0) is 6.92 Å². The Morgan fingerprint density at radius 2 is 2.27 bits per heavy atom. The summed E-state index contributed by atoms with van der Waals surface area (Å²) >= 11 is 0. The summed E-state index contributed by atoms with van der Waals surface area (Å²) in [4.78, 5) is 13.0. The molecule has 84 valence electrons. The molecule has 0 atom stereocenters. The van der Waals surface area contributed by atoms with Crippen LogP contribution >= 0.6 is 0 Å². The molecule has 15 heavy (non-hydrogen) atoms. The van der Waals surface area contributed by atoms with Gasteiger partial charge in [-0.15, -0.1) is 10.2 Å². The number of hydrogen-bond acceptors (Lipinski definition) is 5. The highest BCUT2D eigenvalue weighted by Crippen LogP contribution is 1.96. The molecule has 0 bridgehead atoms. The highest BCUT2D eigenvalue weighted by Gasteiger charge is 2.07. The Bertz CT molecular complexity index is 324. The first-order chi connectivity index (χ1) is 7.13. The molecule has 1 amide bonds. The molecule has 0 fully saturated rings. The second kappa shape index (κ2) is 5.45. The van der Waals surface area contributed by atoms with Crippen molar-refractivity contribution in [1.29, 1.82) is 0 Å². The van der Waals surface area contributed by atoms with E-state index in [4.69, 9.17) is 4.42 Å². The zero-order valence-corrected chi connectivity index (χ0v) is 9.28. The summed E-state index contributed by atoms with van der Waals surface area (Å²) in [5.74, 6) is 1.08. The molecule has 0 saturated carbocycles. The van der Waals surface area contributed by atoms with E-state index in [-0.39, 0.29) is 12.5 Å². The molecule has 0 spiro atoms. The zero-order chi connectivity index (χ0) is 11.3. The number of likely N-dealkylation sites (N-methyl/N-ethyl adjacent to an activating group) is 1. The molecule has 1 aromatic rings. The van der Waals surface area contributed by atoms with Crippen molar-refractivity contribution in [3.8, 4) is 0 Å². The summed E-state index contributed by atoms with van der Waals surface area (Å²) in [6.45, 7) is 5.07. The fourth-order valence-corrected chi connectivity index (χ4v) is 0.997. The maximum atomic E-state index is 11.4. The van der Waals surface area contributed by atoms with Gasteiger partial charge in [0.1, 0.15) is 0 Å². The summed E-state index contributed by atoms with van der Waals surface area (Å²) in [6, 6.07) is 0. The molecule has 0 aliphatic heterocycles. The molecule has 6 nitrogen and oxygen atoms in total. The van der Waals surface area contributed by atoms with Crippen LogP contribution in [0, 0.1) is 6.92 Å². The van der Waals surface area contributed by atoms with Crippen LogP contribution in [0.3, 0.4) is 0 Å². The predicted molar refractivity (Wildman–Crippen MR) is 54.1 cm³/mol. The van der Waals surface area contributed by atoms with Gasteiger partial charge in [0.05, 0.1) is 13.1 Å². The maximum Gasteiger partial charge on any atom is 0.236 e. The summed E-state index contributed by atoms with van der Waals surface area (Å²) < 4.78 is 5.14. The van der Waals surface area contributed by atoms with E-state index in [2.05, 4.69) is 15.5 Å². The number of aryl methyl sites for hydroxylation is 1. The Hall–Kier alpha value is -1.43. The molecule has 1 N–H and O–H groups in total. The van der Waals surface area contributed by atoms with Crippen LogP contribution in [-0.4, -0.2) is 41.1 Å². The summed E-state index contributed by atoms with van der Waals surface area (Å²) in [7, 11) is 1.76. The molecule has 0 saturated heterocycles. The average Bonchev–Trinajstić information content (AvgIpc) is 2.63. The van der Waals surface area contributed by atoms with E-state index in [1.54, 1.807) is 18.9 Å². The lowest BCUT2D eigenvalue weighted by molar-refractivity contribution is -0.128. The number of hydrogen-bond donors (Lipinski definition) is 1. The van der Waals surface area contributed by atoms with E-state index in [0.717, 1.165) is 0 Å². The molecule has 1 aromatic heterocycles. The first-order valence-corrected chi connectivity index (χ1v) is 4.87. The van der Waals surface area contributed by atoms with Crippen LogP contribution in [0.4, 0.5) is 0 Å². The van der Waals surface area contributed by atoms with Gasteiger partial charge in [0.2, 0.25) is 17.7 Å². The van der Waals surface area contributed by atoms with Gasteiger partial charge >= 0.3 is 0 Å². The molecule has 0 aromatic carbocycles. The van der Waals surface area contributed by atoms with Crippen LogP contribution < -0.4 is 5.32 Å². The Kier molecular flexibility index (Phi) is 4.23. The van der Waals surface area contributed by atoms with Gasteiger partial charge in [0, 0.05) is 20.5 Å². The van der Waals surface area contributed by atoms with Crippen molar-refractivity contribution >= 4 is 5.91 Å². The quantitative estimate of drug-likeness (QED) is 0.740. The first-order valence-electron chi connectivity index (χ1n) is 4.87.